The van der Waals surface area contributed by atoms with Crippen molar-refractivity contribution < 1.29 is 5.11 Å². The molecule has 1 fully saturated rings. The lowest BCUT2D eigenvalue weighted by Gasteiger charge is -2.33. The Hall–Kier alpha value is -0.750. The average molecular weight is 326 g/mol. The van der Waals surface area contributed by atoms with E-state index in [-0.39, 0.29) is 6.61 Å². The minimum Gasteiger partial charge on any atom is -0.395 e. The van der Waals surface area contributed by atoms with Crippen LogP contribution in [0.5, 0.6) is 0 Å². The lowest BCUT2D eigenvalue weighted by Crippen LogP contribution is -2.38. The molecule has 4 nitrogen and oxygen atoms in total. The molecule has 1 aliphatic rings. The minimum atomic E-state index is 0.172. The van der Waals surface area contributed by atoms with E-state index in [4.69, 9.17) is 11.6 Å². The highest BCUT2D eigenvalue weighted by atomic mass is 35.5. The van der Waals surface area contributed by atoms with Crippen molar-refractivity contribution in [2.45, 2.75) is 44.7 Å². The summed E-state index contributed by atoms with van der Waals surface area (Å²) in [6.45, 7) is 1.51. The summed E-state index contributed by atoms with van der Waals surface area (Å²) in [6, 6.07) is 2.49. The number of thiophene rings is 1. The van der Waals surface area contributed by atoms with Crippen LogP contribution in [0.1, 0.15) is 37.9 Å². The molecule has 2 heterocycles. The number of aliphatic hydroxyl groups is 1. The Bertz CT molecular complexity index is 598. The van der Waals surface area contributed by atoms with Gasteiger partial charge in [0, 0.05) is 18.0 Å². The van der Waals surface area contributed by atoms with E-state index in [0.29, 0.717) is 24.3 Å². The number of rotatable bonds is 5. The monoisotopic (exact) mass is 325 g/mol. The summed E-state index contributed by atoms with van der Waals surface area (Å²) in [5.41, 5.74) is 0. The molecular formula is C15H20ClN3OS. The smallest absolute Gasteiger partial charge is 0.145 e. The molecule has 0 unspecified atom stereocenters. The van der Waals surface area contributed by atoms with Gasteiger partial charge in [0.2, 0.25) is 0 Å². The Morgan fingerprint density at radius 1 is 1.29 bits per heavy atom. The molecule has 0 radical (unpaired) electrons. The molecule has 0 aliphatic heterocycles. The molecule has 0 aromatic carbocycles. The van der Waals surface area contributed by atoms with Gasteiger partial charge in [-0.05, 0) is 24.3 Å². The number of nitrogens with zero attached hydrogens (tertiary/aromatic N) is 3. The van der Waals surface area contributed by atoms with Crippen molar-refractivity contribution >= 4 is 33.2 Å². The summed E-state index contributed by atoms with van der Waals surface area (Å²) in [5.74, 6) is 0.758. The lowest BCUT2D eigenvalue weighted by atomic mass is 9.94. The fraction of sp³-hybridized carbons (Fsp3) is 0.600. The maximum absolute atomic E-state index is 9.33. The third-order valence-electron chi connectivity index (χ3n) is 4.15. The van der Waals surface area contributed by atoms with Gasteiger partial charge in [0.25, 0.3) is 0 Å². The van der Waals surface area contributed by atoms with Gasteiger partial charge < -0.3 is 5.11 Å². The first-order chi connectivity index (χ1) is 10.3. The van der Waals surface area contributed by atoms with Crippen molar-refractivity contribution in [3.63, 3.8) is 0 Å². The van der Waals surface area contributed by atoms with E-state index >= 15 is 0 Å². The molecule has 1 aliphatic carbocycles. The highest BCUT2D eigenvalue weighted by Gasteiger charge is 2.22. The average Bonchev–Trinajstić information content (AvgIpc) is 2.97. The van der Waals surface area contributed by atoms with Crippen LogP contribution in [0.25, 0.3) is 10.2 Å². The number of aliphatic hydroxyl groups excluding tert-OH is 1. The van der Waals surface area contributed by atoms with Crippen LogP contribution in [-0.2, 0) is 6.54 Å². The van der Waals surface area contributed by atoms with Crippen molar-refractivity contribution in [3.05, 3.63) is 22.4 Å². The number of fused-ring (bicyclic) bond motifs is 1. The van der Waals surface area contributed by atoms with Gasteiger partial charge in [0.05, 0.1) is 13.2 Å². The van der Waals surface area contributed by atoms with Crippen LogP contribution in [-0.4, -0.2) is 39.2 Å². The number of hydrogen-bond donors (Lipinski definition) is 1. The summed E-state index contributed by atoms with van der Waals surface area (Å²) in [6.07, 6.45) is 6.28. The largest absolute Gasteiger partial charge is 0.395 e. The van der Waals surface area contributed by atoms with Gasteiger partial charge in [-0.3, -0.25) is 4.90 Å². The van der Waals surface area contributed by atoms with Crippen LogP contribution in [0.2, 0.25) is 5.15 Å². The second-order valence-electron chi connectivity index (χ2n) is 5.56. The lowest BCUT2D eigenvalue weighted by molar-refractivity contribution is 0.114. The molecule has 0 bridgehead atoms. The van der Waals surface area contributed by atoms with Crippen LogP contribution in [0.4, 0.5) is 0 Å². The summed E-state index contributed by atoms with van der Waals surface area (Å²) in [7, 11) is 0. The van der Waals surface area contributed by atoms with Crippen LogP contribution in [0.15, 0.2) is 11.4 Å². The molecule has 2 aromatic rings. The van der Waals surface area contributed by atoms with E-state index in [9.17, 15) is 5.11 Å². The van der Waals surface area contributed by atoms with Gasteiger partial charge in [-0.1, -0.05) is 30.9 Å². The van der Waals surface area contributed by atoms with Crippen molar-refractivity contribution in [1.82, 2.24) is 14.9 Å². The summed E-state index contributed by atoms with van der Waals surface area (Å²) < 4.78 is 0. The van der Waals surface area contributed by atoms with Gasteiger partial charge in [0.1, 0.15) is 15.8 Å². The van der Waals surface area contributed by atoms with E-state index in [2.05, 4.69) is 14.9 Å². The molecule has 0 saturated heterocycles. The zero-order chi connectivity index (χ0) is 14.7. The third-order valence-corrected chi connectivity index (χ3v) is 5.24. The second kappa shape index (κ2) is 7.01. The molecule has 0 amide bonds. The van der Waals surface area contributed by atoms with E-state index in [0.717, 1.165) is 16.0 Å². The van der Waals surface area contributed by atoms with Crippen molar-refractivity contribution in [1.29, 1.82) is 0 Å². The van der Waals surface area contributed by atoms with E-state index < -0.39 is 0 Å². The number of hydrogen-bond acceptors (Lipinski definition) is 5. The van der Waals surface area contributed by atoms with Gasteiger partial charge in [-0.15, -0.1) is 11.3 Å². The molecule has 6 heteroatoms. The summed E-state index contributed by atoms with van der Waals surface area (Å²) in [5, 5.41) is 12.8. The van der Waals surface area contributed by atoms with E-state index in [1.165, 1.54) is 32.1 Å². The maximum atomic E-state index is 9.33. The Morgan fingerprint density at radius 2 is 2.10 bits per heavy atom. The standard InChI is InChI=1S/C15H20ClN3OS/c16-14-12-6-9-21-15(12)18-13(17-14)10-19(7-8-20)11-4-2-1-3-5-11/h6,9,11,20H,1-5,7-8,10H2. The van der Waals surface area contributed by atoms with Crippen LogP contribution >= 0.6 is 22.9 Å². The maximum Gasteiger partial charge on any atom is 0.145 e. The first kappa shape index (κ1) is 15.2. The molecular weight excluding hydrogens is 306 g/mol. The Balaban J connectivity index is 1.79. The quantitative estimate of drug-likeness (QED) is 0.855. The highest BCUT2D eigenvalue weighted by molar-refractivity contribution is 7.16. The van der Waals surface area contributed by atoms with Crippen LogP contribution in [0.3, 0.4) is 0 Å². The van der Waals surface area contributed by atoms with Gasteiger partial charge in [-0.25, -0.2) is 9.97 Å². The second-order valence-corrected chi connectivity index (χ2v) is 6.81. The Labute approximate surface area is 133 Å². The van der Waals surface area contributed by atoms with Crippen molar-refractivity contribution in [3.8, 4) is 0 Å². The first-order valence-electron chi connectivity index (χ1n) is 7.52. The third kappa shape index (κ3) is 3.54. The van der Waals surface area contributed by atoms with E-state index in [1.807, 2.05) is 11.4 Å². The Morgan fingerprint density at radius 3 is 2.86 bits per heavy atom. The zero-order valence-electron chi connectivity index (χ0n) is 12.0. The molecule has 1 N–H and O–H groups in total. The molecule has 1 saturated carbocycles. The number of halogens is 1. The van der Waals surface area contributed by atoms with Gasteiger partial charge in [-0.2, -0.15) is 0 Å². The molecule has 21 heavy (non-hydrogen) atoms. The minimum absolute atomic E-state index is 0.172. The topological polar surface area (TPSA) is 49.2 Å². The SMILES string of the molecule is OCCN(Cc1nc(Cl)c2ccsc2n1)C1CCCCC1. The molecule has 2 aromatic heterocycles. The van der Waals surface area contributed by atoms with Gasteiger partial charge in [0.15, 0.2) is 0 Å². The van der Waals surface area contributed by atoms with Crippen LogP contribution in [0, 0.1) is 0 Å². The zero-order valence-corrected chi connectivity index (χ0v) is 13.5. The van der Waals surface area contributed by atoms with Crippen LogP contribution < -0.4 is 0 Å². The molecule has 3 rings (SSSR count). The normalized spacial score (nSPS) is 16.9. The predicted octanol–water partition coefficient (Wildman–Crippen LogP) is 3.47. The molecule has 0 spiro atoms. The van der Waals surface area contributed by atoms with Gasteiger partial charge >= 0.3 is 0 Å². The first-order valence-corrected chi connectivity index (χ1v) is 8.78. The fourth-order valence-corrected chi connectivity index (χ4v) is 4.17. The van der Waals surface area contributed by atoms with Crippen molar-refractivity contribution in [2.24, 2.45) is 0 Å². The molecule has 114 valence electrons. The molecule has 0 atom stereocenters. The Kier molecular flexibility index (Phi) is 5.06. The predicted molar refractivity (Wildman–Crippen MR) is 86.8 cm³/mol. The highest BCUT2D eigenvalue weighted by Crippen LogP contribution is 2.27. The summed E-state index contributed by atoms with van der Waals surface area (Å²) in [4.78, 5) is 12.3. The van der Waals surface area contributed by atoms with Crippen molar-refractivity contribution in [2.75, 3.05) is 13.2 Å². The van der Waals surface area contributed by atoms with E-state index in [1.54, 1.807) is 11.3 Å². The summed E-state index contributed by atoms with van der Waals surface area (Å²) >= 11 is 7.83. The number of aromatic nitrogens is 2. The fourth-order valence-electron chi connectivity index (χ4n) is 3.08.